The maximum absolute atomic E-state index is 12.7. The van der Waals surface area contributed by atoms with Crippen molar-refractivity contribution < 1.29 is 14.3 Å². The molecular formula is C19H22N2O3. The van der Waals surface area contributed by atoms with Crippen LogP contribution < -0.4 is 9.64 Å². The van der Waals surface area contributed by atoms with Gasteiger partial charge in [-0.3, -0.25) is 9.69 Å². The largest absolute Gasteiger partial charge is 0.484 e. The molecule has 5 heteroatoms. The number of pyridine rings is 1. The van der Waals surface area contributed by atoms with Crippen molar-refractivity contribution in [1.29, 1.82) is 0 Å². The van der Waals surface area contributed by atoms with Crippen LogP contribution >= 0.6 is 0 Å². The lowest BCUT2D eigenvalue weighted by Crippen LogP contribution is -2.40. The average molecular weight is 326 g/mol. The van der Waals surface area contributed by atoms with E-state index in [1.54, 1.807) is 11.1 Å². The molecule has 0 saturated carbocycles. The first kappa shape index (κ1) is 16.5. The molecule has 5 nitrogen and oxygen atoms in total. The van der Waals surface area contributed by atoms with E-state index in [0.717, 1.165) is 25.0 Å². The molecule has 126 valence electrons. The quantitative estimate of drug-likeness (QED) is 0.819. The Morgan fingerprint density at radius 1 is 1.33 bits per heavy atom. The minimum Gasteiger partial charge on any atom is -0.484 e. The second-order valence-corrected chi connectivity index (χ2v) is 5.93. The van der Waals surface area contributed by atoms with Gasteiger partial charge in [-0.15, -0.1) is 0 Å². The van der Waals surface area contributed by atoms with E-state index in [-0.39, 0.29) is 18.6 Å². The molecule has 2 heterocycles. The van der Waals surface area contributed by atoms with E-state index in [1.165, 1.54) is 0 Å². The van der Waals surface area contributed by atoms with Crippen LogP contribution in [0.1, 0.15) is 18.4 Å². The standard InChI is InChI=1S/C19H22N2O3/c1-15-6-4-7-16(12-15)24-14-19(22)21(13-17-8-5-11-23-17)18-9-2-3-10-20-18/h2-4,6-7,9-10,12,17H,5,8,11,13-14H2,1H3. The molecule has 1 atom stereocenters. The van der Waals surface area contributed by atoms with E-state index in [1.807, 2.05) is 49.4 Å². The maximum Gasteiger partial charge on any atom is 0.266 e. The van der Waals surface area contributed by atoms with Crippen LogP contribution in [0, 0.1) is 6.92 Å². The number of amides is 1. The molecule has 1 fully saturated rings. The van der Waals surface area contributed by atoms with Crippen molar-refractivity contribution in [3.8, 4) is 5.75 Å². The molecule has 3 rings (SSSR count). The van der Waals surface area contributed by atoms with Crippen molar-refractivity contribution in [2.24, 2.45) is 0 Å². The third-order valence-electron chi connectivity index (χ3n) is 3.99. The smallest absolute Gasteiger partial charge is 0.266 e. The highest BCUT2D eigenvalue weighted by molar-refractivity contribution is 5.93. The van der Waals surface area contributed by atoms with Gasteiger partial charge < -0.3 is 9.47 Å². The molecule has 1 amide bonds. The first-order chi connectivity index (χ1) is 11.7. The third-order valence-corrected chi connectivity index (χ3v) is 3.99. The Morgan fingerprint density at radius 3 is 2.96 bits per heavy atom. The minimum absolute atomic E-state index is 0.0211. The fourth-order valence-corrected chi connectivity index (χ4v) is 2.76. The fraction of sp³-hybridized carbons (Fsp3) is 0.368. The molecule has 1 aliphatic rings. The van der Waals surface area contributed by atoms with Crippen molar-refractivity contribution in [2.45, 2.75) is 25.9 Å². The van der Waals surface area contributed by atoms with Gasteiger partial charge in [-0.05, 0) is 49.6 Å². The number of benzene rings is 1. The maximum atomic E-state index is 12.7. The van der Waals surface area contributed by atoms with E-state index in [0.29, 0.717) is 18.1 Å². The number of carbonyl (C=O) groups is 1. The van der Waals surface area contributed by atoms with Crippen LogP contribution in [0.25, 0.3) is 0 Å². The van der Waals surface area contributed by atoms with Crippen molar-refractivity contribution in [3.05, 3.63) is 54.2 Å². The van der Waals surface area contributed by atoms with Crippen LogP contribution in [0.4, 0.5) is 5.82 Å². The Balaban J connectivity index is 1.68. The normalized spacial score (nSPS) is 16.8. The number of hydrogen-bond acceptors (Lipinski definition) is 4. The second kappa shape index (κ2) is 7.93. The molecule has 0 bridgehead atoms. The molecule has 1 aliphatic heterocycles. The number of anilines is 1. The van der Waals surface area contributed by atoms with Gasteiger partial charge in [0.15, 0.2) is 6.61 Å². The van der Waals surface area contributed by atoms with Gasteiger partial charge in [-0.25, -0.2) is 4.98 Å². The predicted octanol–water partition coefficient (Wildman–Crippen LogP) is 2.98. The molecule has 24 heavy (non-hydrogen) atoms. The summed E-state index contributed by atoms with van der Waals surface area (Å²) in [5, 5.41) is 0. The second-order valence-electron chi connectivity index (χ2n) is 5.93. The number of ether oxygens (including phenoxy) is 2. The van der Waals surface area contributed by atoms with Gasteiger partial charge in [-0.1, -0.05) is 18.2 Å². The van der Waals surface area contributed by atoms with Gasteiger partial charge in [-0.2, -0.15) is 0 Å². The molecule has 0 N–H and O–H groups in total. The summed E-state index contributed by atoms with van der Waals surface area (Å²) in [6.07, 6.45) is 3.76. The van der Waals surface area contributed by atoms with Crippen molar-refractivity contribution in [3.63, 3.8) is 0 Å². The van der Waals surface area contributed by atoms with Crippen LogP contribution in [0.3, 0.4) is 0 Å². The zero-order valence-electron chi connectivity index (χ0n) is 13.9. The number of aryl methyl sites for hydroxylation is 1. The molecule has 0 spiro atoms. The minimum atomic E-state index is -0.120. The van der Waals surface area contributed by atoms with Gasteiger partial charge in [0.25, 0.3) is 5.91 Å². The summed E-state index contributed by atoms with van der Waals surface area (Å²) in [7, 11) is 0. The zero-order valence-corrected chi connectivity index (χ0v) is 13.9. The van der Waals surface area contributed by atoms with Gasteiger partial charge in [0.05, 0.1) is 12.6 Å². The lowest BCUT2D eigenvalue weighted by atomic mass is 10.2. The van der Waals surface area contributed by atoms with Crippen LogP contribution in [0.2, 0.25) is 0 Å². The summed E-state index contributed by atoms with van der Waals surface area (Å²) in [5.74, 6) is 1.21. The van der Waals surface area contributed by atoms with Gasteiger partial charge in [0.2, 0.25) is 0 Å². The number of carbonyl (C=O) groups excluding carboxylic acids is 1. The van der Waals surface area contributed by atoms with E-state index in [2.05, 4.69) is 4.98 Å². The zero-order chi connectivity index (χ0) is 16.8. The summed E-state index contributed by atoms with van der Waals surface area (Å²) < 4.78 is 11.3. The summed E-state index contributed by atoms with van der Waals surface area (Å²) in [5.41, 5.74) is 1.10. The number of nitrogens with zero attached hydrogens (tertiary/aromatic N) is 2. The van der Waals surface area contributed by atoms with E-state index in [4.69, 9.17) is 9.47 Å². The summed E-state index contributed by atoms with van der Waals surface area (Å²) in [6, 6.07) is 13.2. The monoisotopic (exact) mass is 326 g/mol. The molecule has 0 aliphatic carbocycles. The Bertz CT molecular complexity index is 669. The number of rotatable bonds is 6. The van der Waals surface area contributed by atoms with Crippen molar-refractivity contribution >= 4 is 11.7 Å². The predicted molar refractivity (Wildman–Crippen MR) is 92.2 cm³/mol. The Labute approximate surface area is 142 Å². The van der Waals surface area contributed by atoms with E-state index >= 15 is 0 Å². The Kier molecular flexibility index (Phi) is 5.43. The van der Waals surface area contributed by atoms with Crippen molar-refractivity contribution in [2.75, 3.05) is 24.7 Å². The van der Waals surface area contributed by atoms with Crippen LogP contribution in [-0.4, -0.2) is 36.8 Å². The summed E-state index contributed by atoms with van der Waals surface area (Å²) in [6.45, 7) is 3.24. The molecule has 2 aromatic rings. The van der Waals surface area contributed by atoms with Crippen molar-refractivity contribution in [1.82, 2.24) is 4.98 Å². The highest BCUT2D eigenvalue weighted by Crippen LogP contribution is 2.18. The van der Waals surface area contributed by atoms with Gasteiger partial charge in [0, 0.05) is 12.8 Å². The Morgan fingerprint density at radius 2 is 2.25 bits per heavy atom. The number of aromatic nitrogens is 1. The molecular weight excluding hydrogens is 304 g/mol. The average Bonchev–Trinajstić information content (AvgIpc) is 3.12. The first-order valence-electron chi connectivity index (χ1n) is 8.25. The van der Waals surface area contributed by atoms with Gasteiger partial charge >= 0.3 is 0 Å². The highest BCUT2D eigenvalue weighted by atomic mass is 16.5. The van der Waals surface area contributed by atoms with Crippen LogP contribution in [0.15, 0.2) is 48.7 Å². The Hall–Kier alpha value is -2.40. The van der Waals surface area contributed by atoms with E-state index < -0.39 is 0 Å². The molecule has 0 radical (unpaired) electrons. The van der Waals surface area contributed by atoms with Gasteiger partial charge in [0.1, 0.15) is 11.6 Å². The summed E-state index contributed by atoms with van der Waals surface area (Å²) >= 11 is 0. The molecule has 1 aromatic carbocycles. The van der Waals surface area contributed by atoms with Crippen LogP contribution in [0.5, 0.6) is 5.75 Å². The van der Waals surface area contributed by atoms with Crippen LogP contribution in [-0.2, 0) is 9.53 Å². The van der Waals surface area contributed by atoms with E-state index in [9.17, 15) is 4.79 Å². The summed E-state index contributed by atoms with van der Waals surface area (Å²) in [4.78, 5) is 18.7. The third kappa shape index (κ3) is 4.32. The topological polar surface area (TPSA) is 51.7 Å². The number of hydrogen-bond donors (Lipinski definition) is 0. The highest BCUT2D eigenvalue weighted by Gasteiger charge is 2.24. The molecule has 1 saturated heterocycles. The molecule has 1 aromatic heterocycles. The molecule has 1 unspecified atom stereocenters. The first-order valence-corrected chi connectivity index (χ1v) is 8.25. The lowest BCUT2D eigenvalue weighted by molar-refractivity contribution is -0.121. The fourth-order valence-electron chi connectivity index (χ4n) is 2.76. The SMILES string of the molecule is Cc1cccc(OCC(=O)N(CC2CCCO2)c2ccccn2)c1. The lowest BCUT2D eigenvalue weighted by Gasteiger charge is -2.24.